The minimum atomic E-state index is 0.474. The Morgan fingerprint density at radius 2 is 1.93 bits per heavy atom. The van der Waals surface area contributed by atoms with E-state index < -0.39 is 0 Å². The lowest BCUT2D eigenvalue weighted by molar-refractivity contribution is 0.452. The minimum Gasteiger partial charge on any atom is -0.314 e. The quantitative estimate of drug-likeness (QED) is 0.805. The molecule has 1 aromatic rings. The Hall–Kier alpha value is -0.900. The van der Waals surface area contributed by atoms with Gasteiger partial charge >= 0.3 is 0 Å². The molecule has 0 aliphatic rings. The topological polar surface area (TPSA) is 42.7 Å². The molecule has 1 heterocycles. The molecule has 0 spiro atoms. The molecular weight excluding hydrogens is 188 g/mol. The maximum absolute atomic E-state index is 4.23. The second-order valence-electron chi connectivity index (χ2n) is 4.68. The molecule has 0 radical (unpaired) electrons. The molecule has 4 heteroatoms. The van der Waals surface area contributed by atoms with Crippen molar-refractivity contribution in [1.82, 2.24) is 20.3 Å². The molecular formula is C11H22N4. The molecule has 1 rings (SSSR count). The Morgan fingerprint density at radius 1 is 1.27 bits per heavy atom. The molecule has 0 saturated carbocycles. The van der Waals surface area contributed by atoms with Gasteiger partial charge in [-0.2, -0.15) is 0 Å². The fourth-order valence-corrected chi connectivity index (χ4v) is 1.76. The summed E-state index contributed by atoms with van der Waals surface area (Å²) < 4.78 is 2.04. The first kappa shape index (κ1) is 12.2. The van der Waals surface area contributed by atoms with Gasteiger partial charge in [-0.25, -0.2) is 4.68 Å². The van der Waals surface area contributed by atoms with Crippen LogP contribution >= 0.6 is 0 Å². The summed E-state index contributed by atoms with van der Waals surface area (Å²) in [5, 5.41) is 11.6. The monoisotopic (exact) mass is 210 g/mol. The van der Waals surface area contributed by atoms with E-state index in [1.54, 1.807) is 0 Å². The molecule has 0 aliphatic carbocycles. The van der Waals surface area contributed by atoms with Gasteiger partial charge in [0.25, 0.3) is 0 Å². The number of hydrogen-bond donors (Lipinski definition) is 1. The smallest absolute Gasteiger partial charge is 0.0999 e. The van der Waals surface area contributed by atoms with Crippen LogP contribution < -0.4 is 5.32 Å². The fraction of sp³-hybridized carbons (Fsp3) is 0.818. The van der Waals surface area contributed by atoms with Crippen molar-refractivity contribution in [2.45, 2.75) is 46.7 Å². The van der Waals surface area contributed by atoms with Gasteiger partial charge < -0.3 is 5.32 Å². The van der Waals surface area contributed by atoms with Gasteiger partial charge in [0.2, 0.25) is 0 Å². The van der Waals surface area contributed by atoms with Crippen LogP contribution in [0.15, 0.2) is 0 Å². The van der Waals surface area contributed by atoms with Gasteiger partial charge in [-0.1, -0.05) is 32.9 Å². The van der Waals surface area contributed by atoms with Crippen molar-refractivity contribution in [2.24, 2.45) is 5.92 Å². The van der Waals surface area contributed by atoms with Crippen molar-refractivity contribution in [1.29, 1.82) is 0 Å². The van der Waals surface area contributed by atoms with Crippen LogP contribution in [-0.4, -0.2) is 22.0 Å². The molecule has 0 fully saturated rings. The lowest BCUT2D eigenvalue weighted by Gasteiger charge is -2.12. The van der Waals surface area contributed by atoms with Crippen molar-refractivity contribution in [3.63, 3.8) is 0 Å². The molecule has 0 amide bonds. The summed E-state index contributed by atoms with van der Waals surface area (Å²) in [6.07, 6.45) is 0. The lowest BCUT2D eigenvalue weighted by atomic mass is 10.1. The number of aromatic nitrogens is 3. The Kier molecular flexibility index (Phi) is 4.27. The van der Waals surface area contributed by atoms with Crippen LogP contribution in [0.25, 0.3) is 0 Å². The maximum Gasteiger partial charge on any atom is 0.0999 e. The van der Waals surface area contributed by atoms with Crippen molar-refractivity contribution in [3.05, 3.63) is 11.4 Å². The Labute approximate surface area is 92.1 Å². The van der Waals surface area contributed by atoms with Gasteiger partial charge in [-0.3, -0.25) is 0 Å². The summed E-state index contributed by atoms with van der Waals surface area (Å²) >= 11 is 0. The van der Waals surface area contributed by atoms with Crippen molar-refractivity contribution in [3.8, 4) is 0 Å². The van der Waals surface area contributed by atoms with E-state index in [1.807, 2.05) is 11.7 Å². The van der Waals surface area contributed by atoms with Crippen LogP contribution in [-0.2, 0) is 13.1 Å². The van der Waals surface area contributed by atoms with E-state index in [4.69, 9.17) is 0 Å². The highest BCUT2D eigenvalue weighted by Gasteiger charge is 2.15. The second-order valence-corrected chi connectivity index (χ2v) is 4.68. The number of nitrogens with zero attached hydrogens (tertiary/aromatic N) is 3. The molecule has 86 valence electrons. The van der Waals surface area contributed by atoms with E-state index in [0.717, 1.165) is 18.8 Å². The largest absolute Gasteiger partial charge is 0.314 e. The van der Waals surface area contributed by atoms with Crippen LogP contribution in [0.2, 0.25) is 0 Å². The van der Waals surface area contributed by atoms with E-state index >= 15 is 0 Å². The third-order valence-electron chi connectivity index (χ3n) is 2.28. The lowest BCUT2D eigenvalue weighted by Crippen LogP contribution is -2.13. The SMILES string of the molecule is CNCc1nnn(CC(C)C)c1C(C)C. The Bertz CT molecular complexity index is 302. The zero-order valence-corrected chi connectivity index (χ0v) is 10.4. The summed E-state index contributed by atoms with van der Waals surface area (Å²) in [5.41, 5.74) is 2.34. The zero-order chi connectivity index (χ0) is 11.4. The van der Waals surface area contributed by atoms with Crippen molar-refractivity contribution in [2.75, 3.05) is 7.05 Å². The van der Waals surface area contributed by atoms with Gasteiger partial charge in [-0.15, -0.1) is 5.10 Å². The van der Waals surface area contributed by atoms with Crippen LogP contribution in [0.1, 0.15) is 45.0 Å². The molecule has 1 aromatic heterocycles. The first-order valence-corrected chi connectivity index (χ1v) is 5.63. The molecule has 0 bridgehead atoms. The van der Waals surface area contributed by atoms with Crippen LogP contribution in [0.3, 0.4) is 0 Å². The Morgan fingerprint density at radius 3 is 2.40 bits per heavy atom. The van der Waals surface area contributed by atoms with Crippen LogP contribution in [0, 0.1) is 5.92 Å². The number of nitrogens with one attached hydrogen (secondary N) is 1. The molecule has 15 heavy (non-hydrogen) atoms. The average Bonchev–Trinajstić information content (AvgIpc) is 2.47. The third kappa shape index (κ3) is 3.02. The van der Waals surface area contributed by atoms with Gasteiger partial charge in [0.05, 0.1) is 11.4 Å². The van der Waals surface area contributed by atoms with Crippen LogP contribution in [0.5, 0.6) is 0 Å². The van der Waals surface area contributed by atoms with E-state index in [1.165, 1.54) is 5.69 Å². The summed E-state index contributed by atoms with van der Waals surface area (Å²) in [7, 11) is 1.94. The average molecular weight is 210 g/mol. The Balaban J connectivity index is 2.95. The van der Waals surface area contributed by atoms with Gasteiger partial charge in [0.15, 0.2) is 0 Å². The van der Waals surface area contributed by atoms with Crippen molar-refractivity contribution < 1.29 is 0 Å². The summed E-state index contributed by atoms with van der Waals surface area (Å²) in [4.78, 5) is 0. The zero-order valence-electron chi connectivity index (χ0n) is 10.4. The van der Waals surface area contributed by atoms with E-state index in [2.05, 4.69) is 43.3 Å². The third-order valence-corrected chi connectivity index (χ3v) is 2.28. The molecule has 1 N–H and O–H groups in total. The predicted octanol–water partition coefficient (Wildman–Crippen LogP) is 1.78. The molecule has 0 aromatic carbocycles. The highest BCUT2D eigenvalue weighted by atomic mass is 15.4. The molecule has 0 aliphatic heterocycles. The van der Waals surface area contributed by atoms with Crippen molar-refractivity contribution >= 4 is 0 Å². The van der Waals surface area contributed by atoms with Gasteiger partial charge in [0, 0.05) is 13.1 Å². The molecule has 0 atom stereocenters. The summed E-state index contributed by atoms with van der Waals surface area (Å²) in [5.74, 6) is 1.08. The summed E-state index contributed by atoms with van der Waals surface area (Å²) in [6, 6.07) is 0. The minimum absolute atomic E-state index is 0.474. The van der Waals surface area contributed by atoms with E-state index in [9.17, 15) is 0 Å². The van der Waals surface area contributed by atoms with Crippen LogP contribution in [0.4, 0.5) is 0 Å². The van der Waals surface area contributed by atoms with E-state index in [-0.39, 0.29) is 0 Å². The molecule has 4 nitrogen and oxygen atoms in total. The van der Waals surface area contributed by atoms with Gasteiger partial charge in [-0.05, 0) is 18.9 Å². The standard InChI is InChI=1S/C11H22N4/c1-8(2)7-15-11(9(3)4)10(6-12-5)13-14-15/h8-9,12H,6-7H2,1-5H3. The molecule has 0 unspecified atom stereocenters. The van der Waals surface area contributed by atoms with Gasteiger partial charge in [0.1, 0.15) is 0 Å². The fourth-order valence-electron chi connectivity index (χ4n) is 1.76. The number of rotatable bonds is 5. The molecule has 0 saturated heterocycles. The maximum atomic E-state index is 4.23. The first-order chi connectivity index (χ1) is 7.06. The number of hydrogen-bond acceptors (Lipinski definition) is 3. The summed E-state index contributed by atoms with van der Waals surface area (Å²) in [6.45, 7) is 10.5. The van der Waals surface area contributed by atoms with E-state index in [0.29, 0.717) is 11.8 Å². The first-order valence-electron chi connectivity index (χ1n) is 5.63. The highest BCUT2D eigenvalue weighted by Crippen LogP contribution is 2.18. The second kappa shape index (κ2) is 5.26. The normalized spacial score (nSPS) is 11.7. The predicted molar refractivity (Wildman–Crippen MR) is 61.7 cm³/mol. The highest BCUT2D eigenvalue weighted by molar-refractivity contribution is 5.14.